The fourth-order valence-electron chi connectivity index (χ4n) is 1.85. The molecule has 20 heavy (non-hydrogen) atoms. The predicted octanol–water partition coefficient (Wildman–Crippen LogP) is 2.87. The summed E-state index contributed by atoms with van der Waals surface area (Å²) >= 11 is 0. The first-order chi connectivity index (χ1) is 9.45. The summed E-state index contributed by atoms with van der Waals surface area (Å²) in [7, 11) is 0. The first-order valence-corrected chi connectivity index (χ1v) is 8.09. The van der Waals surface area contributed by atoms with Gasteiger partial charge in [0.2, 0.25) is 0 Å². The maximum atomic E-state index is 11.5. The summed E-state index contributed by atoms with van der Waals surface area (Å²) in [5.74, 6) is -0.103. The Labute approximate surface area is 125 Å². The quantitative estimate of drug-likeness (QED) is 0.428. The molecule has 0 saturated carbocycles. The van der Waals surface area contributed by atoms with Crippen LogP contribution in [0, 0.1) is 0 Å². The molecule has 0 amide bonds. The molecule has 120 valence electrons. The Balaban J connectivity index is 3.19. The van der Waals surface area contributed by atoms with Crippen LogP contribution >= 0.6 is 0 Å². The van der Waals surface area contributed by atoms with Crippen molar-refractivity contribution in [2.75, 3.05) is 26.2 Å². The van der Waals surface area contributed by atoms with Crippen molar-refractivity contribution in [2.45, 2.75) is 71.8 Å². The van der Waals surface area contributed by atoms with Crippen LogP contribution in [0.4, 0.5) is 0 Å². The number of carbonyl (C=O) groups excluding carboxylic acids is 1. The Bertz CT molecular complexity index is 237. The second-order valence-corrected chi connectivity index (χ2v) is 6.25. The van der Waals surface area contributed by atoms with E-state index in [0.29, 0.717) is 6.42 Å². The Hall–Kier alpha value is -0.610. The van der Waals surface area contributed by atoms with Gasteiger partial charge in [0.25, 0.3) is 0 Å². The number of unbranched alkanes of at least 4 members (excludes halogenated alkanes) is 3. The summed E-state index contributed by atoms with van der Waals surface area (Å²) in [6.45, 7) is 11.9. The molecule has 4 heteroatoms. The summed E-state index contributed by atoms with van der Waals surface area (Å²) in [5.41, 5.74) is -0.369. The lowest BCUT2D eigenvalue weighted by Crippen LogP contribution is -2.29. The van der Waals surface area contributed by atoms with Crippen molar-refractivity contribution < 1.29 is 9.53 Å². The van der Waals surface area contributed by atoms with Gasteiger partial charge in [-0.25, -0.2) is 0 Å². The van der Waals surface area contributed by atoms with Crippen LogP contribution in [0.3, 0.4) is 0 Å². The van der Waals surface area contributed by atoms with Gasteiger partial charge in [-0.3, -0.25) is 4.79 Å². The molecule has 0 aliphatic heterocycles. The lowest BCUT2D eigenvalue weighted by atomic mass is 10.2. The van der Waals surface area contributed by atoms with E-state index >= 15 is 0 Å². The van der Waals surface area contributed by atoms with Crippen LogP contribution < -0.4 is 10.6 Å². The van der Waals surface area contributed by atoms with Crippen LogP contribution in [0.25, 0.3) is 0 Å². The van der Waals surface area contributed by atoms with Crippen LogP contribution in [-0.4, -0.2) is 37.7 Å². The van der Waals surface area contributed by atoms with Crippen molar-refractivity contribution in [1.29, 1.82) is 0 Å². The van der Waals surface area contributed by atoms with E-state index in [1.807, 2.05) is 20.8 Å². The SMILES string of the molecule is CCCCCCNCCNCCCC(=O)OC(C)(C)C. The highest BCUT2D eigenvalue weighted by atomic mass is 16.6. The Morgan fingerprint density at radius 3 is 2.05 bits per heavy atom. The first-order valence-electron chi connectivity index (χ1n) is 8.09. The number of rotatable bonds is 12. The molecular formula is C16H34N2O2. The van der Waals surface area contributed by atoms with Gasteiger partial charge < -0.3 is 15.4 Å². The van der Waals surface area contributed by atoms with E-state index in [1.54, 1.807) is 0 Å². The van der Waals surface area contributed by atoms with Crippen LogP contribution in [0.1, 0.15) is 66.2 Å². The van der Waals surface area contributed by atoms with E-state index in [0.717, 1.165) is 32.6 Å². The third-order valence-electron chi connectivity index (χ3n) is 2.84. The normalized spacial score (nSPS) is 11.6. The Kier molecular flexibility index (Phi) is 11.8. The van der Waals surface area contributed by atoms with Gasteiger partial charge in [0.05, 0.1) is 0 Å². The minimum absolute atomic E-state index is 0.103. The lowest BCUT2D eigenvalue weighted by molar-refractivity contribution is -0.154. The van der Waals surface area contributed by atoms with Crippen LogP contribution in [-0.2, 0) is 9.53 Å². The summed E-state index contributed by atoms with van der Waals surface area (Å²) in [6.07, 6.45) is 6.56. The molecule has 0 rings (SSSR count). The third-order valence-corrected chi connectivity index (χ3v) is 2.84. The highest BCUT2D eigenvalue weighted by Crippen LogP contribution is 2.08. The lowest BCUT2D eigenvalue weighted by Gasteiger charge is -2.19. The van der Waals surface area contributed by atoms with Crippen LogP contribution in [0.15, 0.2) is 0 Å². The third kappa shape index (κ3) is 15.4. The molecule has 2 N–H and O–H groups in total. The van der Waals surface area contributed by atoms with Crippen molar-refractivity contribution in [3.05, 3.63) is 0 Å². The zero-order chi connectivity index (χ0) is 15.3. The van der Waals surface area contributed by atoms with E-state index in [9.17, 15) is 4.79 Å². The van der Waals surface area contributed by atoms with E-state index in [4.69, 9.17) is 4.74 Å². The van der Waals surface area contributed by atoms with Gasteiger partial charge in [0.1, 0.15) is 5.60 Å². The summed E-state index contributed by atoms with van der Waals surface area (Å²) in [6, 6.07) is 0. The van der Waals surface area contributed by atoms with E-state index in [2.05, 4.69) is 17.6 Å². The average Bonchev–Trinajstić information content (AvgIpc) is 2.34. The number of hydrogen-bond donors (Lipinski definition) is 2. The maximum absolute atomic E-state index is 11.5. The number of carbonyl (C=O) groups is 1. The standard InChI is InChI=1S/C16H34N2O2/c1-5-6-7-8-11-17-13-14-18-12-9-10-15(19)20-16(2,3)4/h17-18H,5-14H2,1-4H3. The van der Waals surface area contributed by atoms with Crippen molar-refractivity contribution in [3.63, 3.8) is 0 Å². The van der Waals surface area contributed by atoms with Crippen molar-refractivity contribution in [1.82, 2.24) is 10.6 Å². The minimum Gasteiger partial charge on any atom is -0.460 e. The van der Waals surface area contributed by atoms with E-state index < -0.39 is 0 Å². The molecule has 0 aromatic rings. The molecule has 0 aliphatic carbocycles. The maximum Gasteiger partial charge on any atom is 0.306 e. The summed E-state index contributed by atoms with van der Waals surface area (Å²) in [4.78, 5) is 11.5. The molecule has 0 spiro atoms. The molecular weight excluding hydrogens is 252 g/mol. The van der Waals surface area contributed by atoms with Gasteiger partial charge in [-0.2, -0.15) is 0 Å². The molecule has 0 saturated heterocycles. The molecule has 0 fully saturated rings. The highest BCUT2D eigenvalue weighted by molar-refractivity contribution is 5.69. The van der Waals surface area contributed by atoms with Gasteiger partial charge in [-0.05, 0) is 46.7 Å². The Morgan fingerprint density at radius 1 is 0.900 bits per heavy atom. The molecule has 0 aromatic carbocycles. The molecule has 0 unspecified atom stereocenters. The minimum atomic E-state index is -0.369. The fourth-order valence-corrected chi connectivity index (χ4v) is 1.85. The van der Waals surface area contributed by atoms with Gasteiger partial charge in [0.15, 0.2) is 0 Å². The van der Waals surface area contributed by atoms with Crippen LogP contribution in [0.2, 0.25) is 0 Å². The number of nitrogens with one attached hydrogen (secondary N) is 2. The number of hydrogen-bond acceptors (Lipinski definition) is 4. The number of ether oxygens (including phenoxy) is 1. The van der Waals surface area contributed by atoms with E-state index in [-0.39, 0.29) is 11.6 Å². The predicted molar refractivity (Wildman–Crippen MR) is 85.0 cm³/mol. The first kappa shape index (κ1) is 19.4. The molecule has 0 atom stereocenters. The summed E-state index contributed by atoms with van der Waals surface area (Å²) in [5, 5.41) is 6.76. The van der Waals surface area contributed by atoms with Gasteiger partial charge >= 0.3 is 5.97 Å². The molecule has 4 nitrogen and oxygen atoms in total. The number of esters is 1. The Morgan fingerprint density at radius 2 is 1.50 bits per heavy atom. The zero-order valence-electron chi connectivity index (χ0n) is 13.9. The second-order valence-electron chi connectivity index (χ2n) is 6.25. The second kappa shape index (κ2) is 12.2. The molecule has 0 aliphatic rings. The largest absolute Gasteiger partial charge is 0.460 e. The molecule has 0 bridgehead atoms. The van der Waals surface area contributed by atoms with Crippen molar-refractivity contribution >= 4 is 5.97 Å². The molecule has 0 heterocycles. The van der Waals surface area contributed by atoms with Crippen molar-refractivity contribution in [2.24, 2.45) is 0 Å². The zero-order valence-corrected chi connectivity index (χ0v) is 13.9. The topological polar surface area (TPSA) is 50.4 Å². The van der Waals surface area contributed by atoms with Crippen LogP contribution in [0.5, 0.6) is 0 Å². The van der Waals surface area contributed by atoms with Crippen molar-refractivity contribution in [3.8, 4) is 0 Å². The monoisotopic (exact) mass is 286 g/mol. The van der Waals surface area contributed by atoms with Gasteiger partial charge in [-0.15, -0.1) is 0 Å². The molecule has 0 aromatic heterocycles. The summed E-state index contributed by atoms with van der Waals surface area (Å²) < 4.78 is 5.25. The molecule has 0 radical (unpaired) electrons. The fraction of sp³-hybridized carbons (Fsp3) is 0.938. The average molecular weight is 286 g/mol. The van der Waals surface area contributed by atoms with Gasteiger partial charge in [0, 0.05) is 19.5 Å². The smallest absolute Gasteiger partial charge is 0.306 e. The van der Waals surface area contributed by atoms with E-state index in [1.165, 1.54) is 25.7 Å². The van der Waals surface area contributed by atoms with Gasteiger partial charge in [-0.1, -0.05) is 26.2 Å². The highest BCUT2D eigenvalue weighted by Gasteiger charge is 2.15.